The third-order valence-corrected chi connectivity index (χ3v) is 4.53. The molecule has 0 heterocycles. The third-order valence-electron chi connectivity index (χ3n) is 4.20. The Morgan fingerprint density at radius 3 is 2.18 bits per heavy atom. The van der Waals surface area contributed by atoms with Crippen molar-refractivity contribution < 1.29 is 14.3 Å². The molecule has 3 aromatic carbocycles. The number of aryl methyl sites for hydroxylation is 1. The molecule has 0 saturated carbocycles. The molecular formula is C22H19ClN2O3. The lowest BCUT2D eigenvalue weighted by atomic mass is 10.1. The van der Waals surface area contributed by atoms with Crippen molar-refractivity contribution in [3.63, 3.8) is 0 Å². The van der Waals surface area contributed by atoms with E-state index < -0.39 is 0 Å². The van der Waals surface area contributed by atoms with Crippen LogP contribution < -0.4 is 15.4 Å². The van der Waals surface area contributed by atoms with Crippen LogP contribution in [0.25, 0.3) is 0 Å². The van der Waals surface area contributed by atoms with Crippen LogP contribution in [0.15, 0.2) is 66.7 Å². The quantitative estimate of drug-likeness (QED) is 0.628. The summed E-state index contributed by atoms with van der Waals surface area (Å²) >= 11 is 6.09. The Hall–Kier alpha value is -3.31. The molecule has 0 atom stereocenters. The van der Waals surface area contributed by atoms with Gasteiger partial charge < -0.3 is 15.4 Å². The maximum atomic E-state index is 12.5. The van der Waals surface area contributed by atoms with Gasteiger partial charge in [-0.3, -0.25) is 9.59 Å². The minimum absolute atomic E-state index is 0.224. The Bertz CT molecular complexity index is 1020. The summed E-state index contributed by atoms with van der Waals surface area (Å²) in [7, 11) is 1.50. The summed E-state index contributed by atoms with van der Waals surface area (Å²) in [6.45, 7) is 1.84. The highest BCUT2D eigenvalue weighted by atomic mass is 35.5. The van der Waals surface area contributed by atoms with Crippen molar-refractivity contribution in [3.8, 4) is 5.75 Å². The number of halogens is 1. The fourth-order valence-electron chi connectivity index (χ4n) is 2.71. The van der Waals surface area contributed by atoms with E-state index in [1.807, 2.05) is 13.0 Å². The zero-order chi connectivity index (χ0) is 20.1. The van der Waals surface area contributed by atoms with Gasteiger partial charge >= 0.3 is 0 Å². The van der Waals surface area contributed by atoms with E-state index in [1.54, 1.807) is 60.7 Å². The molecule has 3 aromatic rings. The minimum Gasteiger partial charge on any atom is -0.494 e. The molecule has 2 N–H and O–H groups in total. The van der Waals surface area contributed by atoms with E-state index in [4.69, 9.17) is 16.3 Å². The molecule has 3 rings (SSSR count). The second-order valence-corrected chi connectivity index (χ2v) is 6.53. The number of rotatable bonds is 5. The summed E-state index contributed by atoms with van der Waals surface area (Å²) in [5.41, 5.74) is 2.78. The van der Waals surface area contributed by atoms with Gasteiger partial charge in [-0.05, 0) is 42.8 Å². The largest absolute Gasteiger partial charge is 0.494 e. The Balaban J connectivity index is 1.84. The fraction of sp³-hybridized carbons (Fsp3) is 0.0909. The van der Waals surface area contributed by atoms with Crippen LogP contribution in [0.5, 0.6) is 5.75 Å². The van der Waals surface area contributed by atoms with Crippen LogP contribution >= 0.6 is 11.6 Å². The van der Waals surface area contributed by atoms with Crippen LogP contribution in [0.3, 0.4) is 0 Å². The smallest absolute Gasteiger partial charge is 0.257 e. The molecule has 0 aliphatic heterocycles. The van der Waals surface area contributed by atoms with Crippen LogP contribution in [-0.4, -0.2) is 18.9 Å². The van der Waals surface area contributed by atoms with Crippen molar-refractivity contribution in [3.05, 3.63) is 88.4 Å². The Morgan fingerprint density at radius 2 is 1.50 bits per heavy atom. The van der Waals surface area contributed by atoms with E-state index in [0.29, 0.717) is 33.3 Å². The highest BCUT2D eigenvalue weighted by Crippen LogP contribution is 2.32. The second kappa shape index (κ2) is 8.59. The first kappa shape index (κ1) is 19.5. The van der Waals surface area contributed by atoms with Crippen molar-refractivity contribution in [2.24, 2.45) is 0 Å². The SMILES string of the molecule is COc1cc(NC(=O)c2ccccc2)c(C)cc1NC(=O)c1ccccc1Cl. The predicted octanol–water partition coefficient (Wildman–Crippen LogP) is 5.16. The first-order chi connectivity index (χ1) is 13.5. The molecule has 28 heavy (non-hydrogen) atoms. The molecule has 0 saturated heterocycles. The molecule has 2 amide bonds. The number of ether oxygens (including phenoxy) is 1. The summed E-state index contributed by atoms with van der Waals surface area (Å²) < 4.78 is 5.40. The highest BCUT2D eigenvalue weighted by molar-refractivity contribution is 6.34. The third kappa shape index (κ3) is 4.32. The van der Waals surface area contributed by atoms with Crippen molar-refractivity contribution >= 4 is 34.8 Å². The standard InChI is InChI=1S/C22H19ClN2O3/c1-14-12-19(25-22(27)16-10-6-7-11-17(16)23)20(28-2)13-18(14)24-21(26)15-8-4-3-5-9-15/h3-13H,1-2H3,(H,24,26)(H,25,27). The molecule has 0 spiro atoms. The van der Waals surface area contributed by atoms with Gasteiger partial charge in [0.15, 0.2) is 0 Å². The van der Waals surface area contributed by atoms with Gasteiger partial charge in [0.05, 0.1) is 23.4 Å². The normalized spacial score (nSPS) is 10.2. The summed E-state index contributed by atoms with van der Waals surface area (Å²) in [4.78, 5) is 25.0. The van der Waals surface area contributed by atoms with Gasteiger partial charge in [-0.1, -0.05) is 41.9 Å². The highest BCUT2D eigenvalue weighted by Gasteiger charge is 2.15. The van der Waals surface area contributed by atoms with Gasteiger partial charge in [-0.15, -0.1) is 0 Å². The number of methoxy groups -OCH3 is 1. The Morgan fingerprint density at radius 1 is 0.857 bits per heavy atom. The molecule has 0 fully saturated rings. The number of amides is 2. The lowest BCUT2D eigenvalue weighted by Gasteiger charge is -2.15. The lowest BCUT2D eigenvalue weighted by Crippen LogP contribution is -2.15. The number of carbonyl (C=O) groups is 2. The van der Waals surface area contributed by atoms with E-state index in [9.17, 15) is 9.59 Å². The summed E-state index contributed by atoms with van der Waals surface area (Å²) in [6.07, 6.45) is 0. The van der Waals surface area contributed by atoms with Crippen LogP contribution in [0.4, 0.5) is 11.4 Å². The van der Waals surface area contributed by atoms with Crippen molar-refractivity contribution in [2.45, 2.75) is 6.92 Å². The number of hydrogen-bond acceptors (Lipinski definition) is 3. The Kier molecular flexibility index (Phi) is 5.96. The molecule has 0 aliphatic rings. The number of hydrogen-bond donors (Lipinski definition) is 2. The molecule has 0 aliphatic carbocycles. The predicted molar refractivity (Wildman–Crippen MR) is 112 cm³/mol. The van der Waals surface area contributed by atoms with Gasteiger partial charge in [0.1, 0.15) is 5.75 Å². The van der Waals surface area contributed by atoms with Crippen molar-refractivity contribution in [1.29, 1.82) is 0 Å². The summed E-state index contributed by atoms with van der Waals surface area (Å²) in [5, 5.41) is 6.04. The van der Waals surface area contributed by atoms with Gasteiger partial charge in [0.25, 0.3) is 11.8 Å². The first-order valence-corrected chi connectivity index (χ1v) is 8.98. The van der Waals surface area contributed by atoms with Crippen molar-refractivity contribution in [2.75, 3.05) is 17.7 Å². The van der Waals surface area contributed by atoms with Crippen molar-refractivity contribution in [1.82, 2.24) is 0 Å². The molecule has 5 nitrogen and oxygen atoms in total. The van der Waals surface area contributed by atoms with Crippen LogP contribution in [-0.2, 0) is 0 Å². The lowest BCUT2D eigenvalue weighted by molar-refractivity contribution is 0.101. The average molecular weight is 395 g/mol. The molecule has 0 radical (unpaired) electrons. The summed E-state index contributed by atoms with van der Waals surface area (Å²) in [5.74, 6) is -0.141. The van der Waals surface area contributed by atoms with E-state index in [2.05, 4.69) is 10.6 Å². The number of carbonyl (C=O) groups excluding carboxylic acids is 2. The Labute approximate surface area is 168 Å². The minimum atomic E-state index is -0.343. The molecular weight excluding hydrogens is 376 g/mol. The molecule has 6 heteroatoms. The van der Waals surface area contributed by atoms with E-state index in [1.165, 1.54) is 7.11 Å². The van der Waals surface area contributed by atoms with Gasteiger partial charge in [-0.25, -0.2) is 0 Å². The maximum Gasteiger partial charge on any atom is 0.257 e. The molecule has 142 valence electrons. The average Bonchev–Trinajstić information content (AvgIpc) is 2.70. The van der Waals surface area contributed by atoms with E-state index in [0.717, 1.165) is 5.56 Å². The first-order valence-electron chi connectivity index (χ1n) is 8.60. The zero-order valence-corrected chi connectivity index (χ0v) is 16.2. The number of nitrogens with one attached hydrogen (secondary N) is 2. The fourth-order valence-corrected chi connectivity index (χ4v) is 2.93. The van der Waals surface area contributed by atoms with Crippen LogP contribution in [0.2, 0.25) is 5.02 Å². The molecule has 0 unspecified atom stereocenters. The zero-order valence-electron chi connectivity index (χ0n) is 15.5. The number of benzene rings is 3. The van der Waals surface area contributed by atoms with E-state index >= 15 is 0 Å². The van der Waals surface area contributed by atoms with Gasteiger partial charge in [0, 0.05) is 17.3 Å². The second-order valence-electron chi connectivity index (χ2n) is 6.12. The van der Waals surface area contributed by atoms with E-state index in [-0.39, 0.29) is 11.8 Å². The summed E-state index contributed by atoms with van der Waals surface area (Å²) in [6, 6.07) is 19.1. The van der Waals surface area contributed by atoms with Crippen LogP contribution in [0, 0.1) is 6.92 Å². The molecule has 0 bridgehead atoms. The maximum absolute atomic E-state index is 12.5. The molecule has 0 aromatic heterocycles. The number of anilines is 2. The van der Waals surface area contributed by atoms with Gasteiger partial charge in [0.2, 0.25) is 0 Å². The van der Waals surface area contributed by atoms with Gasteiger partial charge in [-0.2, -0.15) is 0 Å². The topological polar surface area (TPSA) is 67.4 Å². The van der Waals surface area contributed by atoms with Crippen LogP contribution in [0.1, 0.15) is 26.3 Å². The monoisotopic (exact) mass is 394 g/mol.